The minimum Gasteiger partial charge on any atom is -0.455 e. The first-order valence-corrected chi connectivity index (χ1v) is 11.2. The summed E-state index contributed by atoms with van der Waals surface area (Å²) in [4.78, 5) is 12.8. The first kappa shape index (κ1) is 22.3. The van der Waals surface area contributed by atoms with Crippen LogP contribution in [0.25, 0.3) is 5.69 Å². The van der Waals surface area contributed by atoms with Crippen molar-refractivity contribution < 1.29 is 30.8 Å². The average molecular weight is 475 g/mol. The minimum absolute atomic E-state index is 0.0142. The number of sulfone groups is 1. The number of nitrogens with zero attached hydrogens (tertiary/aromatic N) is 2. The number of hydrogen-bond donors (Lipinski definition) is 1. The predicted molar refractivity (Wildman–Crippen MR) is 113 cm³/mol. The molecule has 0 aliphatic carbocycles. The molecule has 0 bridgehead atoms. The molecule has 1 N–H and O–H groups in total. The SMILES string of the molecule is O=C(Nc1cc(C(F)(F)F)ccc1-n1cccn1)c1ccc(CS(=O)(=O)c2ccccc2)o1. The lowest BCUT2D eigenvalue weighted by Gasteiger charge is -2.14. The number of carbonyl (C=O) groups excluding carboxylic acids is 1. The maximum Gasteiger partial charge on any atom is 0.416 e. The number of hydrogen-bond acceptors (Lipinski definition) is 5. The number of carbonyl (C=O) groups is 1. The molecule has 2 aromatic heterocycles. The lowest BCUT2D eigenvalue weighted by molar-refractivity contribution is -0.137. The molecule has 0 spiro atoms. The van der Waals surface area contributed by atoms with Crippen LogP contribution < -0.4 is 5.32 Å². The third-order valence-corrected chi connectivity index (χ3v) is 6.30. The molecule has 4 aromatic rings. The van der Waals surface area contributed by atoms with Crippen molar-refractivity contribution in [3.8, 4) is 5.69 Å². The molecule has 4 rings (SSSR count). The van der Waals surface area contributed by atoms with Crippen LogP contribution in [0.15, 0.2) is 88.4 Å². The standard InChI is InChI=1S/C22H16F3N3O4S/c23-22(24,25)15-7-9-19(28-12-4-11-26-28)18(13-15)27-21(29)20-10-8-16(32-20)14-33(30,31)17-5-2-1-3-6-17/h1-13H,14H2,(H,27,29). The van der Waals surface area contributed by atoms with Crippen molar-refractivity contribution in [2.24, 2.45) is 0 Å². The topological polar surface area (TPSA) is 94.2 Å². The maximum atomic E-state index is 13.2. The molecule has 2 heterocycles. The number of benzene rings is 2. The summed E-state index contributed by atoms with van der Waals surface area (Å²) in [5, 5.41) is 6.38. The normalized spacial score (nSPS) is 12.0. The van der Waals surface area contributed by atoms with E-state index in [0.29, 0.717) is 0 Å². The highest BCUT2D eigenvalue weighted by atomic mass is 32.2. The van der Waals surface area contributed by atoms with Gasteiger partial charge in [-0.15, -0.1) is 0 Å². The Balaban J connectivity index is 1.59. The number of halogens is 3. The van der Waals surface area contributed by atoms with Crippen molar-refractivity contribution >= 4 is 21.4 Å². The Hall–Kier alpha value is -3.86. The number of anilines is 1. The summed E-state index contributed by atoms with van der Waals surface area (Å²) in [5.41, 5.74) is -0.893. The summed E-state index contributed by atoms with van der Waals surface area (Å²) in [6, 6.07) is 14.8. The zero-order valence-corrected chi connectivity index (χ0v) is 17.6. The third-order valence-electron chi connectivity index (χ3n) is 4.64. The molecule has 170 valence electrons. The first-order chi connectivity index (χ1) is 15.6. The van der Waals surface area contributed by atoms with Gasteiger partial charge in [-0.3, -0.25) is 4.79 Å². The molecule has 0 fully saturated rings. The molecule has 7 nitrogen and oxygen atoms in total. The molecule has 0 saturated heterocycles. The number of furan rings is 1. The second kappa shape index (κ2) is 8.58. The van der Waals surface area contributed by atoms with Crippen LogP contribution in [0.2, 0.25) is 0 Å². The molecule has 0 unspecified atom stereocenters. The van der Waals surface area contributed by atoms with Gasteiger partial charge in [0.15, 0.2) is 15.6 Å². The number of amides is 1. The summed E-state index contributed by atoms with van der Waals surface area (Å²) in [5.74, 6) is -1.56. The lowest BCUT2D eigenvalue weighted by atomic mass is 10.1. The summed E-state index contributed by atoms with van der Waals surface area (Å²) in [6.07, 6.45) is -1.67. The Morgan fingerprint density at radius 3 is 2.45 bits per heavy atom. The van der Waals surface area contributed by atoms with Gasteiger partial charge in [-0.1, -0.05) is 18.2 Å². The van der Waals surface area contributed by atoms with Gasteiger partial charge in [0, 0.05) is 12.4 Å². The second-order valence-electron chi connectivity index (χ2n) is 6.97. The molecule has 33 heavy (non-hydrogen) atoms. The van der Waals surface area contributed by atoms with Crippen molar-refractivity contribution in [3.63, 3.8) is 0 Å². The average Bonchev–Trinajstić information content (AvgIpc) is 3.46. The van der Waals surface area contributed by atoms with E-state index in [2.05, 4.69) is 10.4 Å². The van der Waals surface area contributed by atoms with Gasteiger partial charge in [-0.2, -0.15) is 18.3 Å². The largest absolute Gasteiger partial charge is 0.455 e. The fourth-order valence-electron chi connectivity index (χ4n) is 3.08. The van der Waals surface area contributed by atoms with E-state index in [1.807, 2.05) is 0 Å². The van der Waals surface area contributed by atoms with Crippen LogP contribution in [-0.2, 0) is 21.8 Å². The van der Waals surface area contributed by atoms with Crippen molar-refractivity contribution in [2.75, 3.05) is 5.32 Å². The monoisotopic (exact) mass is 475 g/mol. The second-order valence-corrected chi connectivity index (χ2v) is 8.96. The Morgan fingerprint density at radius 1 is 1.03 bits per heavy atom. The van der Waals surface area contributed by atoms with Crippen molar-refractivity contribution in [1.82, 2.24) is 9.78 Å². The van der Waals surface area contributed by atoms with E-state index in [-0.39, 0.29) is 27.8 Å². The summed E-state index contributed by atoms with van der Waals surface area (Å²) in [6.45, 7) is 0. The van der Waals surface area contributed by atoms with Gasteiger partial charge >= 0.3 is 6.18 Å². The van der Waals surface area contributed by atoms with Gasteiger partial charge in [0.05, 0.1) is 21.8 Å². The molecule has 0 aliphatic heterocycles. The third kappa shape index (κ3) is 4.98. The highest BCUT2D eigenvalue weighted by Crippen LogP contribution is 2.33. The highest BCUT2D eigenvalue weighted by molar-refractivity contribution is 7.90. The van der Waals surface area contributed by atoms with Crippen molar-refractivity contribution in [2.45, 2.75) is 16.8 Å². The predicted octanol–water partition coefficient (Wildman–Crippen LogP) is 4.71. The van der Waals surface area contributed by atoms with Crippen LogP contribution >= 0.6 is 0 Å². The Kier molecular flexibility index (Phi) is 5.81. The molecule has 0 atom stereocenters. The molecule has 0 aliphatic rings. The van der Waals surface area contributed by atoms with Gasteiger partial charge < -0.3 is 9.73 Å². The van der Waals surface area contributed by atoms with Crippen LogP contribution in [0.5, 0.6) is 0 Å². The molecular formula is C22H16F3N3O4S. The summed E-state index contributed by atoms with van der Waals surface area (Å²) >= 11 is 0. The lowest BCUT2D eigenvalue weighted by Crippen LogP contribution is -2.15. The Bertz CT molecular complexity index is 1380. The van der Waals surface area contributed by atoms with E-state index in [1.54, 1.807) is 24.3 Å². The van der Waals surface area contributed by atoms with Crippen LogP contribution in [0, 0.1) is 0 Å². The van der Waals surface area contributed by atoms with Crippen LogP contribution in [0.4, 0.5) is 18.9 Å². The van der Waals surface area contributed by atoms with Gasteiger partial charge in [0.25, 0.3) is 5.91 Å². The van der Waals surface area contributed by atoms with Crippen molar-refractivity contribution in [1.29, 1.82) is 0 Å². The van der Waals surface area contributed by atoms with Crippen LogP contribution in [-0.4, -0.2) is 24.1 Å². The van der Waals surface area contributed by atoms with E-state index in [1.165, 1.54) is 47.4 Å². The molecule has 0 saturated carbocycles. The van der Waals surface area contributed by atoms with Gasteiger partial charge in [0.1, 0.15) is 11.5 Å². The van der Waals surface area contributed by atoms with Gasteiger partial charge in [-0.25, -0.2) is 13.1 Å². The highest BCUT2D eigenvalue weighted by Gasteiger charge is 2.31. The quantitative estimate of drug-likeness (QED) is 0.436. The van der Waals surface area contributed by atoms with E-state index >= 15 is 0 Å². The fraction of sp³-hybridized carbons (Fsp3) is 0.0909. The van der Waals surface area contributed by atoms with Crippen LogP contribution in [0.1, 0.15) is 21.9 Å². The van der Waals surface area contributed by atoms with Crippen LogP contribution in [0.3, 0.4) is 0 Å². The smallest absolute Gasteiger partial charge is 0.416 e. The zero-order chi connectivity index (χ0) is 23.6. The van der Waals surface area contributed by atoms with E-state index < -0.39 is 33.2 Å². The number of nitrogens with one attached hydrogen (secondary N) is 1. The van der Waals surface area contributed by atoms with E-state index in [9.17, 15) is 26.4 Å². The number of alkyl halides is 3. The molecule has 0 radical (unpaired) electrons. The Labute approximate surface area is 186 Å². The van der Waals surface area contributed by atoms with E-state index in [0.717, 1.165) is 12.1 Å². The maximum absolute atomic E-state index is 13.2. The Morgan fingerprint density at radius 2 is 1.79 bits per heavy atom. The molecule has 1 amide bonds. The number of rotatable bonds is 6. The summed E-state index contributed by atoms with van der Waals surface area (Å²) < 4.78 is 71.3. The molecule has 2 aromatic carbocycles. The zero-order valence-electron chi connectivity index (χ0n) is 16.8. The molecular weight excluding hydrogens is 459 g/mol. The first-order valence-electron chi connectivity index (χ1n) is 9.53. The molecule has 11 heteroatoms. The van der Waals surface area contributed by atoms with Gasteiger partial charge in [-0.05, 0) is 48.5 Å². The summed E-state index contributed by atoms with van der Waals surface area (Å²) in [7, 11) is -3.70. The van der Waals surface area contributed by atoms with Crippen molar-refractivity contribution in [3.05, 3.63) is 96.2 Å². The van der Waals surface area contributed by atoms with Gasteiger partial charge in [0.2, 0.25) is 0 Å². The minimum atomic E-state index is -4.62. The fourth-order valence-corrected chi connectivity index (χ4v) is 4.35. The number of aromatic nitrogens is 2. The van der Waals surface area contributed by atoms with E-state index in [4.69, 9.17) is 4.42 Å².